The molecule has 4 rings (SSSR count). The summed E-state index contributed by atoms with van der Waals surface area (Å²) in [7, 11) is -3.67. The standard InChI is InChI=1S/C36H48N2O4.CH4O3S/c1-5-39-33-23-27(29-17-11-13-19-31(29)35(33)41-7-3)25-37-21-15-9-10-16-22-38-26-28-24-34(40-6-2)36(42-8-4)32-20-14-12-18-30(28)32;1-5(2,3)4/h11-14,17-20,23-24,37-38H,5-10,15-16,21-22,25-26H2,1-4H3;1H3,(H,2,3,4). The van der Waals surface area contributed by atoms with Crippen LogP contribution in [0, 0.1) is 0 Å². The van der Waals surface area contributed by atoms with Crippen LogP contribution in [-0.2, 0) is 23.2 Å². The maximum atomic E-state index is 9.19. The highest BCUT2D eigenvalue weighted by Gasteiger charge is 2.15. The monoisotopic (exact) mass is 668 g/mol. The van der Waals surface area contributed by atoms with Crippen LogP contribution in [0.4, 0.5) is 0 Å². The minimum Gasteiger partial charge on any atom is -0.490 e. The van der Waals surface area contributed by atoms with Crippen LogP contribution in [0.1, 0.15) is 64.5 Å². The van der Waals surface area contributed by atoms with E-state index >= 15 is 0 Å². The molecule has 0 heterocycles. The predicted molar refractivity (Wildman–Crippen MR) is 192 cm³/mol. The highest BCUT2D eigenvalue weighted by molar-refractivity contribution is 7.85. The zero-order chi connectivity index (χ0) is 34.1. The molecule has 3 N–H and O–H groups in total. The van der Waals surface area contributed by atoms with Crippen molar-refractivity contribution in [3.05, 3.63) is 71.8 Å². The molecule has 0 fully saturated rings. The molecule has 0 radical (unpaired) electrons. The van der Waals surface area contributed by atoms with E-state index < -0.39 is 10.1 Å². The summed E-state index contributed by atoms with van der Waals surface area (Å²) in [5.41, 5.74) is 2.49. The van der Waals surface area contributed by atoms with E-state index in [1.165, 1.54) is 34.7 Å². The van der Waals surface area contributed by atoms with Gasteiger partial charge in [0.05, 0.1) is 32.7 Å². The second kappa shape index (κ2) is 19.9. The SMILES string of the molecule is CCOc1cc(CNCCCCCCNCc2cc(OCC)c(OCC)c3ccccc23)c2ccccc2c1OCC.CS(=O)(=O)O. The van der Waals surface area contributed by atoms with E-state index in [0.29, 0.717) is 32.7 Å². The summed E-state index contributed by atoms with van der Waals surface area (Å²) in [6.45, 7) is 14.1. The second-order valence-electron chi connectivity index (χ2n) is 11.0. The number of fused-ring (bicyclic) bond motifs is 2. The normalized spacial score (nSPS) is 11.3. The number of hydrogen-bond donors (Lipinski definition) is 3. The van der Waals surface area contributed by atoms with Gasteiger partial charge in [0.2, 0.25) is 0 Å². The molecule has 258 valence electrons. The van der Waals surface area contributed by atoms with Crippen molar-refractivity contribution in [2.45, 2.75) is 66.5 Å². The van der Waals surface area contributed by atoms with Crippen LogP contribution in [0.15, 0.2) is 60.7 Å². The fraction of sp³-hybridized carbons (Fsp3) is 0.459. The average Bonchev–Trinajstić information content (AvgIpc) is 3.04. The summed E-state index contributed by atoms with van der Waals surface area (Å²) in [6.07, 6.45) is 5.46. The summed E-state index contributed by atoms with van der Waals surface area (Å²) in [5.74, 6) is 3.35. The Kier molecular flexibility index (Phi) is 16.1. The third-order valence-corrected chi connectivity index (χ3v) is 7.36. The van der Waals surface area contributed by atoms with Crippen molar-refractivity contribution in [1.29, 1.82) is 0 Å². The summed E-state index contributed by atoms with van der Waals surface area (Å²) >= 11 is 0. The van der Waals surface area contributed by atoms with E-state index in [-0.39, 0.29) is 0 Å². The van der Waals surface area contributed by atoms with Crippen molar-refractivity contribution in [2.24, 2.45) is 0 Å². The minimum atomic E-state index is -3.67. The van der Waals surface area contributed by atoms with E-state index in [2.05, 4.69) is 71.3 Å². The van der Waals surface area contributed by atoms with Gasteiger partial charge in [-0.2, -0.15) is 8.42 Å². The van der Waals surface area contributed by atoms with Crippen molar-refractivity contribution in [3.63, 3.8) is 0 Å². The smallest absolute Gasteiger partial charge is 0.261 e. The first kappa shape index (κ1) is 37.9. The Morgan fingerprint density at radius 3 is 1.26 bits per heavy atom. The molecule has 10 heteroatoms. The van der Waals surface area contributed by atoms with Crippen molar-refractivity contribution in [3.8, 4) is 23.0 Å². The number of nitrogens with one attached hydrogen (secondary N) is 2. The van der Waals surface area contributed by atoms with Crippen LogP contribution in [-0.4, -0.2) is 58.7 Å². The molecule has 47 heavy (non-hydrogen) atoms. The molecule has 0 spiro atoms. The first-order valence-corrected chi connectivity index (χ1v) is 18.5. The Bertz CT molecular complexity index is 1530. The van der Waals surface area contributed by atoms with E-state index in [4.69, 9.17) is 23.5 Å². The summed E-state index contributed by atoms with van der Waals surface area (Å²) < 4.78 is 49.7. The lowest BCUT2D eigenvalue weighted by Gasteiger charge is -2.17. The molecule has 0 aliphatic carbocycles. The quantitative estimate of drug-likeness (QED) is 0.0689. The van der Waals surface area contributed by atoms with Crippen LogP contribution in [0.2, 0.25) is 0 Å². The summed E-state index contributed by atoms with van der Waals surface area (Å²) in [5, 5.41) is 12.0. The maximum absolute atomic E-state index is 9.19. The van der Waals surface area contributed by atoms with Gasteiger partial charge >= 0.3 is 0 Å². The Morgan fingerprint density at radius 1 is 0.574 bits per heavy atom. The largest absolute Gasteiger partial charge is 0.490 e. The molecule has 0 unspecified atom stereocenters. The summed E-state index contributed by atoms with van der Waals surface area (Å²) in [6, 6.07) is 21.2. The molecular formula is C37H52N2O7S. The molecule has 0 aliphatic heterocycles. The molecule has 0 bridgehead atoms. The predicted octanol–water partition coefficient (Wildman–Crippen LogP) is 7.53. The lowest BCUT2D eigenvalue weighted by atomic mass is 10.0. The van der Waals surface area contributed by atoms with Crippen LogP contribution in [0.5, 0.6) is 23.0 Å². The van der Waals surface area contributed by atoms with Crippen molar-refractivity contribution in [1.82, 2.24) is 10.6 Å². The van der Waals surface area contributed by atoms with Gasteiger partial charge in [-0.25, -0.2) is 0 Å². The average molecular weight is 669 g/mol. The fourth-order valence-corrected chi connectivity index (χ4v) is 5.49. The number of hydrogen-bond acceptors (Lipinski definition) is 8. The van der Waals surface area contributed by atoms with Gasteiger partial charge in [-0.15, -0.1) is 0 Å². The highest BCUT2D eigenvalue weighted by Crippen LogP contribution is 2.39. The minimum absolute atomic E-state index is 0.616. The topological polar surface area (TPSA) is 115 Å². The summed E-state index contributed by atoms with van der Waals surface area (Å²) in [4.78, 5) is 0. The van der Waals surface area contributed by atoms with Crippen molar-refractivity contribution >= 4 is 31.7 Å². The van der Waals surface area contributed by atoms with Gasteiger partial charge < -0.3 is 29.6 Å². The second-order valence-corrected chi connectivity index (χ2v) is 12.5. The third-order valence-electron chi connectivity index (χ3n) is 7.36. The number of ether oxygens (including phenoxy) is 4. The van der Waals surface area contributed by atoms with E-state index in [1.54, 1.807) is 0 Å². The highest BCUT2D eigenvalue weighted by atomic mass is 32.2. The molecule has 4 aromatic carbocycles. The van der Waals surface area contributed by atoms with Crippen LogP contribution in [0.3, 0.4) is 0 Å². The van der Waals surface area contributed by atoms with Gasteiger partial charge in [0.1, 0.15) is 0 Å². The third kappa shape index (κ3) is 12.2. The van der Waals surface area contributed by atoms with Crippen molar-refractivity contribution in [2.75, 3.05) is 45.8 Å². The van der Waals surface area contributed by atoms with E-state index in [1.807, 2.05) is 27.7 Å². The van der Waals surface area contributed by atoms with Gasteiger partial charge in [-0.1, -0.05) is 61.4 Å². The van der Waals surface area contributed by atoms with Crippen LogP contribution in [0.25, 0.3) is 21.5 Å². The van der Waals surface area contributed by atoms with Crippen molar-refractivity contribution < 1.29 is 31.9 Å². The van der Waals surface area contributed by atoms with Crippen LogP contribution < -0.4 is 29.6 Å². The Hall–Kier alpha value is -3.57. The first-order valence-electron chi connectivity index (χ1n) is 16.7. The zero-order valence-electron chi connectivity index (χ0n) is 28.6. The Balaban J connectivity index is 0.00000111. The molecule has 9 nitrogen and oxygen atoms in total. The lowest BCUT2D eigenvalue weighted by Crippen LogP contribution is -2.16. The fourth-order valence-electron chi connectivity index (χ4n) is 5.49. The molecule has 0 atom stereocenters. The maximum Gasteiger partial charge on any atom is 0.261 e. The first-order chi connectivity index (χ1) is 22.7. The molecule has 4 aromatic rings. The number of unbranched alkanes of at least 4 members (excludes halogenated alkanes) is 3. The van der Waals surface area contributed by atoms with Crippen LogP contribution >= 0.6 is 0 Å². The van der Waals surface area contributed by atoms with Gasteiger partial charge in [0.25, 0.3) is 10.1 Å². The Morgan fingerprint density at radius 2 is 0.915 bits per heavy atom. The van der Waals surface area contributed by atoms with E-state index in [9.17, 15) is 8.42 Å². The Labute approximate surface area is 280 Å². The molecule has 0 saturated carbocycles. The van der Waals surface area contributed by atoms with Gasteiger partial charge in [0, 0.05) is 23.9 Å². The van der Waals surface area contributed by atoms with E-state index in [0.717, 1.165) is 72.8 Å². The molecular weight excluding hydrogens is 616 g/mol. The number of rotatable bonds is 19. The molecule has 0 amide bonds. The lowest BCUT2D eigenvalue weighted by molar-refractivity contribution is 0.290. The van der Waals surface area contributed by atoms with Gasteiger partial charge in [-0.3, -0.25) is 4.55 Å². The molecule has 0 aliphatic rings. The van der Waals surface area contributed by atoms with Gasteiger partial charge in [0.15, 0.2) is 23.0 Å². The molecule has 0 saturated heterocycles. The van der Waals surface area contributed by atoms with Gasteiger partial charge in [-0.05, 0) is 87.7 Å². The zero-order valence-corrected chi connectivity index (χ0v) is 29.4. The number of benzene rings is 4. The molecule has 0 aromatic heterocycles.